The van der Waals surface area contributed by atoms with Crippen LogP contribution in [0.15, 0.2) is 217 Å². The lowest BCUT2D eigenvalue weighted by Crippen LogP contribution is -2.12. The SMILES string of the molecule is c1ccc(-c2cc(N(c3ccccc3-c3ccccc3)c3cc4ccccc4c4ccccc34)ccc2-c2ccc3oc4cc5ccccc5cc4c3c2)cc1. The van der Waals surface area contributed by atoms with Gasteiger partial charge in [-0.15, -0.1) is 0 Å². The number of anilines is 3. The van der Waals surface area contributed by atoms with Crippen LogP contribution in [0.1, 0.15) is 0 Å². The van der Waals surface area contributed by atoms with E-state index in [0.29, 0.717) is 0 Å². The lowest BCUT2D eigenvalue weighted by molar-refractivity contribution is 0.669. The van der Waals surface area contributed by atoms with Gasteiger partial charge in [-0.3, -0.25) is 0 Å². The van der Waals surface area contributed by atoms with E-state index in [1.54, 1.807) is 0 Å². The van der Waals surface area contributed by atoms with Gasteiger partial charge in [0.25, 0.3) is 0 Å². The fourth-order valence-electron chi connectivity index (χ4n) is 8.57. The molecule has 0 N–H and O–H groups in total. The molecule has 0 atom stereocenters. The minimum Gasteiger partial charge on any atom is -0.456 e. The van der Waals surface area contributed by atoms with Crippen molar-refractivity contribution >= 4 is 71.3 Å². The van der Waals surface area contributed by atoms with E-state index >= 15 is 0 Å². The van der Waals surface area contributed by atoms with Crippen molar-refractivity contribution in [2.24, 2.45) is 0 Å². The first-order chi connectivity index (χ1) is 27.8. The van der Waals surface area contributed by atoms with E-state index in [0.717, 1.165) is 61.3 Å². The number of nitrogens with zero attached hydrogens (tertiary/aromatic N) is 1. The summed E-state index contributed by atoms with van der Waals surface area (Å²) >= 11 is 0. The van der Waals surface area contributed by atoms with Crippen LogP contribution in [0.4, 0.5) is 17.1 Å². The Morgan fingerprint density at radius 2 is 0.893 bits per heavy atom. The largest absolute Gasteiger partial charge is 0.456 e. The summed E-state index contributed by atoms with van der Waals surface area (Å²) in [5.74, 6) is 0. The Morgan fingerprint density at radius 3 is 1.68 bits per heavy atom. The second-order valence-electron chi connectivity index (χ2n) is 14.5. The summed E-state index contributed by atoms with van der Waals surface area (Å²) in [6.07, 6.45) is 0. The maximum atomic E-state index is 6.42. The fourth-order valence-corrected chi connectivity index (χ4v) is 8.57. The molecule has 0 amide bonds. The lowest BCUT2D eigenvalue weighted by atomic mass is 9.92. The predicted molar refractivity (Wildman–Crippen MR) is 237 cm³/mol. The van der Waals surface area contributed by atoms with Crippen LogP contribution in [0.3, 0.4) is 0 Å². The second kappa shape index (κ2) is 13.2. The maximum Gasteiger partial charge on any atom is 0.136 e. The van der Waals surface area contributed by atoms with Crippen LogP contribution in [-0.2, 0) is 0 Å². The summed E-state index contributed by atoms with van der Waals surface area (Å²) in [7, 11) is 0. The first-order valence-corrected chi connectivity index (χ1v) is 19.2. The Morgan fingerprint density at radius 1 is 0.286 bits per heavy atom. The third-order valence-corrected chi connectivity index (χ3v) is 11.2. The first kappa shape index (κ1) is 32.0. The standard InChI is InChI=1S/C54H35NO/c1-3-15-36(16-4-1)45-23-13-14-26-51(45)55(52-33-40-21-9-10-22-43(40)46-24-11-12-25-47(46)52)42-28-29-44(48(35-42)37-17-5-2-6-18-37)41-27-30-53-49(32-41)50-31-38-19-7-8-20-39(38)34-54(50)56-53/h1-35H. The predicted octanol–water partition coefficient (Wildman–Crippen LogP) is 15.5. The summed E-state index contributed by atoms with van der Waals surface area (Å²) in [4.78, 5) is 2.46. The Balaban J connectivity index is 1.17. The molecule has 0 bridgehead atoms. The molecule has 0 radical (unpaired) electrons. The van der Waals surface area contributed by atoms with Crippen molar-refractivity contribution in [2.75, 3.05) is 4.90 Å². The molecule has 0 fully saturated rings. The molecule has 262 valence electrons. The van der Waals surface area contributed by atoms with Gasteiger partial charge in [-0.1, -0.05) is 164 Å². The number of rotatable bonds is 6. The zero-order chi connectivity index (χ0) is 37.0. The van der Waals surface area contributed by atoms with E-state index in [-0.39, 0.29) is 0 Å². The van der Waals surface area contributed by atoms with E-state index in [1.165, 1.54) is 43.4 Å². The molecule has 56 heavy (non-hydrogen) atoms. The van der Waals surface area contributed by atoms with E-state index in [2.05, 4.69) is 217 Å². The van der Waals surface area contributed by atoms with Gasteiger partial charge in [0.2, 0.25) is 0 Å². The Bertz CT molecular complexity index is 3250. The van der Waals surface area contributed by atoms with Gasteiger partial charge in [-0.05, 0) is 103 Å². The van der Waals surface area contributed by atoms with E-state index < -0.39 is 0 Å². The Labute approximate surface area is 325 Å². The summed E-state index contributed by atoms with van der Waals surface area (Å²) in [5, 5.41) is 9.52. The third kappa shape index (κ3) is 5.34. The average molecular weight is 714 g/mol. The van der Waals surface area contributed by atoms with Crippen molar-refractivity contribution in [3.05, 3.63) is 212 Å². The van der Waals surface area contributed by atoms with Crippen molar-refractivity contribution in [1.29, 1.82) is 0 Å². The van der Waals surface area contributed by atoms with Crippen LogP contribution in [0.2, 0.25) is 0 Å². The number of fused-ring (bicyclic) bond motifs is 7. The Kier molecular flexibility index (Phi) is 7.53. The van der Waals surface area contributed by atoms with E-state index in [9.17, 15) is 0 Å². The molecule has 0 aliphatic rings. The zero-order valence-electron chi connectivity index (χ0n) is 30.6. The van der Waals surface area contributed by atoms with Crippen LogP contribution in [0.5, 0.6) is 0 Å². The minimum absolute atomic E-state index is 0.892. The van der Waals surface area contributed by atoms with E-state index in [4.69, 9.17) is 4.42 Å². The molecule has 2 heteroatoms. The smallest absolute Gasteiger partial charge is 0.136 e. The van der Waals surface area contributed by atoms with Crippen molar-refractivity contribution in [3.63, 3.8) is 0 Å². The molecule has 0 unspecified atom stereocenters. The third-order valence-electron chi connectivity index (χ3n) is 11.2. The van der Waals surface area contributed by atoms with Crippen LogP contribution in [0.25, 0.3) is 87.6 Å². The molecule has 2 nitrogen and oxygen atoms in total. The monoisotopic (exact) mass is 713 g/mol. The highest BCUT2D eigenvalue weighted by molar-refractivity contribution is 6.15. The average Bonchev–Trinajstić information content (AvgIpc) is 3.63. The van der Waals surface area contributed by atoms with Crippen LogP contribution < -0.4 is 4.90 Å². The molecule has 0 saturated heterocycles. The number of furan rings is 1. The van der Waals surface area contributed by atoms with Crippen molar-refractivity contribution in [3.8, 4) is 33.4 Å². The van der Waals surface area contributed by atoms with Gasteiger partial charge in [0.15, 0.2) is 0 Å². The summed E-state index contributed by atoms with van der Waals surface area (Å²) in [6, 6.07) is 76.7. The van der Waals surface area contributed by atoms with Gasteiger partial charge in [-0.2, -0.15) is 0 Å². The van der Waals surface area contributed by atoms with Crippen LogP contribution >= 0.6 is 0 Å². The molecular formula is C54H35NO. The quantitative estimate of drug-likeness (QED) is 0.160. The van der Waals surface area contributed by atoms with Crippen LogP contribution in [0, 0.1) is 0 Å². The van der Waals surface area contributed by atoms with Gasteiger partial charge in [0.05, 0.1) is 11.4 Å². The van der Waals surface area contributed by atoms with Crippen molar-refractivity contribution in [2.45, 2.75) is 0 Å². The highest BCUT2D eigenvalue weighted by atomic mass is 16.3. The molecule has 10 aromatic carbocycles. The molecule has 11 rings (SSSR count). The molecule has 1 aromatic heterocycles. The summed E-state index contributed by atoms with van der Waals surface area (Å²) < 4.78 is 6.42. The summed E-state index contributed by atoms with van der Waals surface area (Å²) in [6.45, 7) is 0. The minimum atomic E-state index is 0.892. The van der Waals surface area contributed by atoms with Gasteiger partial charge in [0, 0.05) is 27.4 Å². The summed E-state index contributed by atoms with van der Waals surface area (Å²) in [5.41, 5.74) is 12.1. The highest BCUT2D eigenvalue weighted by Gasteiger charge is 2.22. The highest BCUT2D eigenvalue weighted by Crippen LogP contribution is 2.47. The Hall–Kier alpha value is -7.42. The topological polar surface area (TPSA) is 16.4 Å². The first-order valence-electron chi connectivity index (χ1n) is 19.2. The molecule has 0 aliphatic heterocycles. The zero-order valence-corrected chi connectivity index (χ0v) is 30.6. The molecular weight excluding hydrogens is 679 g/mol. The van der Waals surface area contributed by atoms with E-state index in [1.807, 2.05) is 0 Å². The molecule has 11 aromatic rings. The van der Waals surface area contributed by atoms with Crippen LogP contribution in [-0.4, -0.2) is 0 Å². The normalized spacial score (nSPS) is 11.6. The molecule has 0 aliphatic carbocycles. The lowest BCUT2D eigenvalue weighted by Gasteiger charge is -2.30. The number of para-hydroxylation sites is 1. The molecule has 1 heterocycles. The number of benzene rings is 10. The van der Waals surface area contributed by atoms with Gasteiger partial charge in [0.1, 0.15) is 11.2 Å². The van der Waals surface area contributed by atoms with Gasteiger partial charge < -0.3 is 9.32 Å². The van der Waals surface area contributed by atoms with Gasteiger partial charge >= 0.3 is 0 Å². The number of hydrogen-bond donors (Lipinski definition) is 0. The molecule has 0 saturated carbocycles. The van der Waals surface area contributed by atoms with Gasteiger partial charge in [-0.25, -0.2) is 0 Å². The fraction of sp³-hybridized carbons (Fsp3) is 0. The molecule has 0 spiro atoms. The van der Waals surface area contributed by atoms with Crippen molar-refractivity contribution < 1.29 is 4.42 Å². The second-order valence-corrected chi connectivity index (χ2v) is 14.5. The maximum absolute atomic E-state index is 6.42. The van der Waals surface area contributed by atoms with Crippen molar-refractivity contribution in [1.82, 2.24) is 0 Å². The number of hydrogen-bond acceptors (Lipinski definition) is 2.